The van der Waals surface area contributed by atoms with Gasteiger partial charge in [-0.3, -0.25) is 4.79 Å². The van der Waals surface area contributed by atoms with E-state index in [-0.39, 0.29) is 11.3 Å². The van der Waals surface area contributed by atoms with Gasteiger partial charge in [0.25, 0.3) is 5.91 Å². The van der Waals surface area contributed by atoms with E-state index in [4.69, 9.17) is 0 Å². The Hall–Kier alpha value is -2.50. The number of benzene rings is 1. The van der Waals surface area contributed by atoms with Gasteiger partial charge < -0.3 is 10.6 Å². The van der Waals surface area contributed by atoms with Crippen molar-refractivity contribution in [2.75, 3.05) is 17.2 Å². The van der Waals surface area contributed by atoms with Gasteiger partial charge in [0.2, 0.25) is 0 Å². The molecule has 0 bridgehead atoms. The predicted octanol–water partition coefficient (Wildman–Crippen LogP) is 3.35. The molecule has 0 saturated carbocycles. The summed E-state index contributed by atoms with van der Waals surface area (Å²) in [4.78, 5) is 16.0. The van der Waals surface area contributed by atoms with E-state index >= 15 is 0 Å². The lowest BCUT2D eigenvalue weighted by Gasteiger charge is -2.10. The molecule has 0 saturated heterocycles. The van der Waals surface area contributed by atoms with E-state index in [1.54, 1.807) is 26.0 Å². The number of halogens is 2. The van der Waals surface area contributed by atoms with Gasteiger partial charge in [0, 0.05) is 18.3 Å². The zero-order valence-corrected chi connectivity index (χ0v) is 11.7. The Kier molecular flexibility index (Phi) is 4.47. The quantitative estimate of drug-likeness (QED) is 0.908. The summed E-state index contributed by atoms with van der Waals surface area (Å²) < 4.78 is 27.6. The van der Waals surface area contributed by atoms with Gasteiger partial charge in [-0.05, 0) is 37.6 Å². The molecule has 4 nitrogen and oxygen atoms in total. The number of amides is 1. The second-order valence-corrected chi connectivity index (χ2v) is 4.47. The molecule has 0 unspecified atom stereocenters. The average Bonchev–Trinajstić information content (AvgIpc) is 2.45. The summed E-state index contributed by atoms with van der Waals surface area (Å²) in [5.41, 5.74) is 0.427. The van der Waals surface area contributed by atoms with E-state index in [2.05, 4.69) is 15.6 Å². The Bertz CT molecular complexity index is 651. The van der Waals surface area contributed by atoms with Gasteiger partial charge in [0.1, 0.15) is 23.1 Å². The average molecular weight is 291 g/mol. The highest BCUT2D eigenvalue weighted by molar-refractivity contribution is 6.04. The Morgan fingerprint density at radius 2 is 1.95 bits per heavy atom. The molecular weight excluding hydrogens is 276 g/mol. The second-order valence-electron chi connectivity index (χ2n) is 4.47. The fourth-order valence-corrected chi connectivity index (χ4v) is 1.85. The summed E-state index contributed by atoms with van der Waals surface area (Å²) in [6.45, 7) is 3.88. The zero-order chi connectivity index (χ0) is 15.4. The molecule has 21 heavy (non-hydrogen) atoms. The number of anilines is 2. The number of aromatic nitrogens is 1. The maximum absolute atomic E-state index is 13.8. The van der Waals surface area contributed by atoms with Crippen molar-refractivity contribution in [1.29, 1.82) is 0 Å². The normalized spacial score (nSPS) is 10.3. The van der Waals surface area contributed by atoms with Crippen LogP contribution in [0.25, 0.3) is 0 Å². The number of rotatable bonds is 4. The molecule has 1 aromatic heterocycles. The van der Waals surface area contributed by atoms with Crippen LogP contribution in [0, 0.1) is 18.6 Å². The first kappa shape index (κ1) is 14.9. The van der Waals surface area contributed by atoms with Crippen LogP contribution >= 0.6 is 0 Å². The predicted molar refractivity (Wildman–Crippen MR) is 77.4 cm³/mol. The van der Waals surface area contributed by atoms with Crippen molar-refractivity contribution in [3.8, 4) is 0 Å². The van der Waals surface area contributed by atoms with Crippen molar-refractivity contribution < 1.29 is 13.6 Å². The van der Waals surface area contributed by atoms with Crippen molar-refractivity contribution in [1.82, 2.24) is 4.98 Å². The first-order chi connectivity index (χ1) is 10.0. The lowest BCUT2D eigenvalue weighted by molar-refractivity contribution is 0.102. The maximum atomic E-state index is 13.8. The summed E-state index contributed by atoms with van der Waals surface area (Å²) in [5, 5.41) is 5.10. The van der Waals surface area contributed by atoms with Gasteiger partial charge >= 0.3 is 0 Å². The van der Waals surface area contributed by atoms with Crippen LogP contribution in [0.4, 0.5) is 20.3 Å². The molecule has 110 valence electrons. The highest BCUT2D eigenvalue weighted by Gasteiger charge is 2.15. The molecule has 1 heterocycles. The van der Waals surface area contributed by atoms with Crippen LogP contribution in [0.1, 0.15) is 22.8 Å². The summed E-state index contributed by atoms with van der Waals surface area (Å²) in [5.74, 6) is -1.86. The molecule has 0 spiro atoms. The molecule has 2 aromatic rings. The van der Waals surface area contributed by atoms with Crippen LogP contribution in [-0.4, -0.2) is 17.4 Å². The Morgan fingerprint density at radius 3 is 2.52 bits per heavy atom. The van der Waals surface area contributed by atoms with E-state index in [9.17, 15) is 13.6 Å². The first-order valence-corrected chi connectivity index (χ1v) is 6.48. The van der Waals surface area contributed by atoms with Crippen molar-refractivity contribution in [2.24, 2.45) is 0 Å². The lowest BCUT2D eigenvalue weighted by atomic mass is 10.1. The molecule has 0 aliphatic rings. The molecule has 2 N–H and O–H groups in total. The molecule has 0 radical (unpaired) electrons. The fourth-order valence-electron chi connectivity index (χ4n) is 1.85. The number of pyridine rings is 1. The van der Waals surface area contributed by atoms with E-state index in [1.165, 1.54) is 6.20 Å². The van der Waals surface area contributed by atoms with Gasteiger partial charge in [0.05, 0.1) is 0 Å². The summed E-state index contributed by atoms with van der Waals surface area (Å²) in [7, 11) is 0. The molecule has 2 rings (SSSR count). The molecule has 1 aromatic carbocycles. The van der Waals surface area contributed by atoms with Gasteiger partial charge in [0.15, 0.2) is 0 Å². The van der Waals surface area contributed by atoms with Crippen LogP contribution in [0.3, 0.4) is 0 Å². The number of hydrogen-bond donors (Lipinski definition) is 2. The smallest absolute Gasteiger partial charge is 0.257 e. The van der Waals surface area contributed by atoms with Crippen LogP contribution in [0.15, 0.2) is 30.5 Å². The number of nitrogens with one attached hydrogen (secondary N) is 2. The molecule has 0 atom stereocenters. The van der Waals surface area contributed by atoms with Crippen LogP contribution < -0.4 is 10.6 Å². The minimum Gasteiger partial charge on any atom is -0.381 e. The van der Waals surface area contributed by atoms with Crippen molar-refractivity contribution in [2.45, 2.75) is 13.8 Å². The summed E-state index contributed by atoms with van der Waals surface area (Å²) in [6, 6.07) is 5.50. The monoisotopic (exact) mass is 291 g/mol. The lowest BCUT2D eigenvalue weighted by Crippen LogP contribution is -2.15. The third-order valence-electron chi connectivity index (χ3n) is 2.90. The largest absolute Gasteiger partial charge is 0.381 e. The van der Waals surface area contributed by atoms with Crippen LogP contribution in [0.2, 0.25) is 0 Å². The van der Waals surface area contributed by atoms with E-state index in [0.717, 1.165) is 17.7 Å². The van der Waals surface area contributed by atoms with Crippen LogP contribution in [-0.2, 0) is 0 Å². The van der Waals surface area contributed by atoms with Gasteiger partial charge in [-0.1, -0.05) is 6.07 Å². The SMILES string of the molecule is CCNc1c(F)cc(C(=O)Nc2ncccc2C)cc1F. The highest BCUT2D eigenvalue weighted by Crippen LogP contribution is 2.21. The molecule has 6 heteroatoms. The van der Waals surface area contributed by atoms with E-state index in [0.29, 0.717) is 12.4 Å². The van der Waals surface area contributed by atoms with Crippen molar-refractivity contribution >= 4 is 17.4 Å². The minimum atomic E-state index is -0.806. The zero-order valence-electron chi connectivity index (χ0n) is 11.7. The number of aryl methyl sites for hydroxylation is 1. The van der Waals surface area contributed by atoms with E-state index in [1.807, 2.05) is 0 Å². The first-order valence-electron chi connectivity index (χ1n) is 6.48. The molecule has 0 aliphatic heterocycles. The van der Waals surface area contributed by atoms with Gasteiger partial charge in [-0.25, -0.2) is 13.8 Å². The van der Waals surface area contributed by atoms with Crippen molar-refractivity contribution in [3.63, 3.8) is 0 Å². The van der Waals surface area contributed by atoms with Gasteiger partial charge in [-0.15, -0.1) is 0 Å². The topological polar surface area (TPSA) is 54.0 Å². The molecule has 1 amide bonds. The highest BCUT2D eigenvalue weighted by atomic mass is 19.1. The standard InChI is InChI=1S/C15H15F2N3O/c1-3-18-13-11(16)7-10(8-12(13)17)15(21)20-14-9(2)5-4-6-19-14/h4-8,18H,3H2,1-2H3,(H,19,20,21). The summed E-state index contributed by atoms with van der Waals surface area (Å²) >= 11 is 0. The minimum absolute atomic E-state index is 0.100. The van der Waals surface area contributed by atoms with Crippen molar-refractivity contribution in [3.05, 3.63) is 53.2 Å². The Balaban J connectivity index is 2.26. The Morgan fingerprint density at radius 1 is 1.29 bits per heavy atom. The fraction of sp³-hybridized carbons (Fsp3) is 0.200. The van der Waals surface area contributed by atoms with E-state index < -0.39 is 17.5 Å². The maximum Gasteiger partial charge on any atom is 0.257 e. The number of nitrogens with zero attached hydrogens (tertiary/aromatic N) is 1. The van der Waals surface area contributed by atoms with Gasteiger partial charge in [-0.2, -0.15) is 0 Å². The third kappa shape index (κ3) is 3.34. The summed E-state index contributed by atoms with van der Waals surface area (Å²) in [6.07, 6.45) is 1.53. The third-order valence-corrected chi connectivity index (χ3v) is 2.90. The van der Waals surface area contributed by atoms with Crippen LogP contribution in [0.5, 0.6) is 0 Å². The molecule has 0 fully saturated rings. The number of hydrogen-bond acceptors (Lipinski definition) is 3. The number of carbonyl (C=O) groups is 1. The Labute approximate surface area is 121 Å². The molecule has 0 aliphatic carbocycles. The second kappa shape index (κ2) is 6.30. The number of carbonyl (C=O) groups excluding carboxylic acids is 1. The molecular formula is C15H15F2N3O.